The molecule has 2 rings (SSSR count). The van der Waals surface area contributed by atoms with Crippen LogP contribution in [0.3, 0.4) is 0 Å². The molecule has 0 saturated carbocycles. The van der Waals surface area contributed by atoms with Gasteiger partial charge in [0.2, 0.25) is 0 Å². The summed E-state index contributed by atoms with van der Waals surface area (Å²) in [5.74, 6) is -0.885. The van der Waals surface area contributed by atoms with E-state index in [2.05, 4.69) is 0 Å². The Balaban J connectivity index is 2.29. The van der Waals surface area contributed by atoms with Gasteiger partial charge in [-0.2, -0.15) is 5.26 Å². The zero-order valence-electron chi connectivity index (χ0n) is 10.2. The van der Waals surface area contributed by atoms with Gasteiger partial charge in [0.05, 0.1) is 30.3 Å². The number of fused-ring (bicyclic) bond motifs is 1. The number of aryl methyl sites for hydroxylation is 1. The van der Waals surface area contributed by atoms with Crippen LogP contribution in [0.15, 0.2) is 18.2 Å². The first-order valence-electron chi connectivity index (χ1n) is 6.05. The molecule has 1 aliphatic rings. The number of hydrogen-bond donors (Lipinski definition) is 1. The lowest BCUT2D eigenvalue weighted by Gasteiger charge is -2.28. The lowest BCUT2D eigenvalue weighted by molar-refractivity contribution is -0.153. The van der Waals surface area contributed by atoms with Gasteiger partial charge in [0.25, 0.3) is 0 Å². The first-order chi connectivity index (χ1) is 8.67. The number of aliphatic hydroxyl groups is 1. The molecule has 4 nitrogen and oxygen atoms in total. The van der Waals surface area contributed by atoms with Gasteiger partial charge in [-0.3, -0.25) is 4.79 Å². The van der Waals surface area contributed by atoms with Crippen molar-refractivity contribution < 1.29 is 14.6 Å². The van der Waals surface area contributed by atoms with E-state index in [0.717, 1.165) is 12.0 Å². The summed E-state index contributed by atoms with van der Waals surface area (Å²) in [6.07, 6.45) is 0.432. The number of carbonyl (C=O) groups is 1. The van der Waals surface area contributed by atoms with Gasteiger partial charge < -0.3 is 9.84 Å². The molecule has 0 amide bonds. The van der Waals surface area contributed by atoms with E-state index in [9.17, 15) is 9.90 Å². The van der Waals surface area contributed by atoms with Crippen LogP contribution in [0.2, 0.25) is 0 Å². The molecule has 1 N–H and O–H groups in total. The summed E-state index contributed by atoms with van der Waals surface area (Å²) in [5.41, 5.74) is 2.18. The Hall–Kier alpha value is -1.86. The summed E-state index contributed by atoms with van der Waals surface area (Å²) in [7, 11) is 0. The fourth-order valence-corrected chi connectivity index (χ4v) is 2.35. The van der Waals surface area contributed by atoms with Gasteiger partial charge in [0.15, 0.2) is 0 Å². The van der Waals surface area contributed by atoms with Crippen LogP contribution < -0.4 is 0 Å². The number of rotatable bonds is 2. The molecule has 0 aliphatic heterocycles. The van der Waals surface area contributed by atoms with Gasteiger partial charge in [-0.15, -0.1) is 0 Å². The number of nitriles is 1. The second-order valence-corrected chi connectivity index (χ2v) is 4.37. The van der Waals surface area contributed by atoms with Gasteiger partial charge in [0.1, 0.15) is 0 Å². The highest BCUT2D eigenvalue weighted by molar-refractivity contribution is 5.74. The highest BCUT2D eigenvalue weighted by Gasteiger charge is 2.34. The van der Waals surface area contributed by atoms with E-state index in [-0.39, 0.29) is 5.97 Å². The van der Waals surface area contributed by atoms with Crippen LogP contribution in [0.25, 0.3) is 0 Å². The molecule has 0 spiro atoms. The van der Waals surface area contributed by atoms with Crippen molar-refractivity contribution in [1.82, 2.24) is 0 Å². The van der Waals surface area contributed by atoms with Gasteiger partial charge in [0, 0.05) is 0 Å². The maximum absolute atomic E-state index is 11.7. The van der Waals surface area contributed by atoms with Crippen molar-refractivity contribution in [2.24, 2.45) is 5.92 Å². The number of hydrogen-bond acceptors (Lipinski definition) is 4. The predicted molar refractivity (Wildman–Crippen MR) is 64.6 cm³/mol. The first-order valence-corrected chi connectivity index (χ1v) is 6.05. The Bertz CT molecular complexity index is 504. The van der Waals surface area contributed by atoms with Crippen LogP contribution in [0.5, 0.6) is 0 Å². The Kier molecular flexibility index (Phi) is 3.63. The molecule has 0 fully saturated rings. The smallest absolute Gasteiger partial charge is 0.311 e. The SMILES string of the molecule is CCOC(=O)C1CCc2ccc(C#N)cc2C1O. The van der Waals surface area contributed by atoms with Crippen molar-refractivity contribution in [2.45, 2.75) is 25.9 Å². The van der Waals surface area contributed by atoms with Gasteiger partial charge in [-0.1, -0.05) is 6.07 Å². The topological polar surface area (TPSA) is 70.3 Å². The monoisotopic (exact) mass is 245 g/mol. The fraction of sp³-hybridized carbons (Fsp3) is 0.429. The number of ether oxygens (including phenoxy) is 1. The van der Waals surface area contributed by atoms with E-state index >= 15 is 0 Å². The minimum absolute atomic E-state index is 0.313. The molecule has 1 aromatic rings. The zero-order chi connectivity index (χ0) is 13.1. The average Bonchev–Trinajstić information content (AvgIpc) is 2.39. The molecular formula is C14H15NO3. The van der Waals surface area contributed by atoms with Crippen LogP contribution in [0.4, 0.5) is 0 Å². The van der Waals surface area contributed by atoms with E-state index in [0.29, 0.717) is 24.2 Å². The summed E-state index contributed by atoms with van der Waals surface area (Å²) < 4.78 is 4.96. The zero-order valence-corrected chi connectivity index (χ0v) is 10.2. The Labute approximate surface area is 106 Å². The normalized spacial score (nSPS) is 21.8. The van der Waals surface area contributed by atoms with Crippen LogP contribution >= 0.6 is 0 Å². The first kappa shape index (κ1) is 12.6. The number of benzene rings is 1. The Morgan fingerprint density at radius 2 is 2.39 bits per heavy atom. The summed E-state index contributed by atoms with van der Waals surface area (Å²) in [6.45, 7) is 2.06. The molecule has 0 heterocycles. The molecule has 2 unspecified atom stereocenters. The van der Waals surface area contributed by atoms with E-state index in [1.54, 1.807) is 19.1 Å². The third-order valence-corrected chi connectivity index (χ3v) is 3.29. The maximum atomic E-state index is 11.7. The third-order valence-electron chi connectivity index (χ3n) is 3.29. The largest absolute Gasteiger partial charge is 0.466 e. The molecule has 0 saturated heterocycles. The highest BCUT2D eigenvalue weighted by Crippen LogP contribution is 2.35. The Morgan fingerprint density at radius 3 is 3.06 bits per heavy atom. The lowest BCUT2D eigenvalue weighted by atomic mass is 9.81. The summed E-state index contributed by atoms with van der Waals surface area (Å²) in [4.78, 5) is 11.7. The molecule has 0 bridgehead atoms. The average molecular weight is 245 g/mol. The van der Waals surface area contributed by atoms with Crippen LogP contribution in [-0.2, 0) is 16.0 Å². The van der Waals surface area contributed by atoms with Gasteiger partial charge in [-0.25, -0.2) is 0 Å². The van der Waals surface area contributed by atoms with Crippen molar-refractivity contribution >= 4 is 5.97 Å². The van der Waals surface area contributed by atoms with E-state index < -0.39 is 12.0 Å². The van der Waals surface area contributed by atoms with Crippen molar-refractivity contribution in [3.05, 3.63) is 34.9 Å². The quantitative estimate of drug-likeness (QED) is 0.805. The van der Waals surface area contributed by atoms with Crippen molar-refractivity contribution in [3.63, 3.8) is 0 Å². The van der Waals surface area contributed by atoms with E-state index in [1.165, 1.54) is 0 Å². The molecule has 0 radical (unpaired) electrons. The molecule has 94 valence electrons. The van der Waals surface area contributed by atoms with Gasteiger partial charge >= 0.3 is 5.97 Å². The molecule has 18 heavy (non-hydrogen) atoms. The van der Waals surface area contributed by atoms with Crippen LogP contribution in [0, 0.1) is 17.2 Å². The lowest BCUT2D eigenvalue weighted by Crippen LogP contribution is -2.29. The predicted octanol–water partition coefficient (Wildman–Crippen LogP) is 1.72. The molecule has 2 atom stereocenters. The van der Waals surface area contributed by atoms with Crippen LogP contribution in [-0.4, -0.2) is 17.7 Å². The maximum Gasteiger partial charge on any atom is 0.311 e. The second kappa shape index (κ2) is 5.19. The number of esters is 1. The molecule has 1 aliphatic carbocycles. The van der Waals surface area contributed by atoms with Gasteiger partial charge in [-0.05, 0) is 43.0 Å². The molecule has 0 aromatic heterocycles. The standard InChI is InChI=1S/C14H15NO3/c1-2-18-14(17)11-6-5-10-4-3-9(8-15)7-12(10)13(11)16/h3-4,7,11,13,16H,2,5-6H2,1H3. The minimum atomic E-state index is -0.874. The second-order valence-electron chi connectivity index (χ2n) is 4.37. The number of carbonyl (C=O) groups excluding carboxylic acids is 1. The fourth-order valence-electron chi connectivity index (χ4n) is 2.35. The summed E-state index contributed by atoms with van der Waals surface area (Å²) >= 11 is 0. The molecule has 1 aromatic carbocycles. The summed E-state index contributed by atoms with van der Waals surface area (Å²) in [5, 5.41) is 19.1. The van der Waals surface area contributed by atoms with Crippen molar-refractivity contribution in [1.29, 1.82) is 5.26 Å². The van der Waals surface area contributed by atoms with Crippen molar-refractivity contribution in [2.75, 3.05) is 6.61 Å². The van der Waals surface area contributed by atoms with Crippen molar-refractivity contribution in [3.8, 4) is 6.07 Å². The van der Waals surface area contributed by atoms with E-state index in [1.807, 2.05) is 12.1 Å². The number of aliphatic hydroxyl groups excluding tert-OH is 1. The number of nitrogens with zero attached hydrogens (tertiary/aromatic N) is 1. The third kappa shape index (κ3) is 2.22. The van der Waals surface area contributed by atoms with E-state index in [4.69, 9.17) is 10.00 Å². The summed E-state index contributed by atoms with van der Waals surface area (Å²) in [6, 6.07) is 7.28. The molecular weight excluding hydrogens is 230 g/mol. The van der Waals surface area contributed by atoms with Crippen LogP contribution in [0.1, 0.15) is 36.1 Å². The highest BCUT2D eigenvalue weighted by atomic mass is 16.5. The Morgan fingerprint density at radius 1 is 1.61 bits per heavy atom. The minimum Gasteiger partial charge on any atom is -0.466 e. The molecule has 4 heteroatoms.